The normalized spacial score (nSPS) is 18.2. The molecule has 2 N–H and O–H groups in total. The van der Waals surface area contributed by atoms with Crippen LogP contribution in [0.1, 0.15) is 66.7 Å². The molecule has 2 aromatic heterocycles. The Labute approximate surface area is 222 Å². The van der Waals surface area contributed by atoms with Gasteiger partial charge in [-0.15, -0.1) is 5.10 Å². The first-order chi connectivity index (χ1) is 18.5. The quantitative estimate of drug-likeness (QED) is 0.411. The third-order valence-electron chi connectivity index (χ3n) is 8.19. The van der Waals surface area contributed by atoms with E-state index >= 15 is 0 Å². The molecule has 0 amide bonds. The highest BCUT2D eigenvalue weighted by molar-refractivity contribution is 5.83. The minimum absolute atomic E-state index is 0.0892. The van der Waals surface area contributed by atoms with E-state index in [0.717, 1.165) is 67.0 Å². The molecule has 3 heterocycles. The number of pyridine rings is 1. The summed E-state index contributed by atoms with van der Waals surface area (Å²) < 4.78 is 2.00. The van der Waals surface area contributed by atoms with Crippen LogP contribution in [0, 0.1) is 13.8 Å². The molecule has 38 heavy (non-hydrogen) atoms. The van der Waals surface area contributed by atoms with E-state index in [0.29, 0.717) is 5.56 Å². The SMILES string of the molecule is Cc1cc(C)c2[nH]c(=O)c(C(c3nnnn3C3CCCCC3)N3CCN(c4ccc(O)cc4)CC3)cc2c1. The Morgan fingerprint density at radius 1 is 0.974 bits per heavy atom. The number of aromatic nitrogens is 5. The largest absolute Gasteiger partial charge is 0.508 e. The molecule has 1 unspecified atom stereocenters. The number of hydrogen-bond donors (Lipinski definition) is 2. The van der Waals surface area contributed by atoms with Gasteiger partial charge in [-0.3, -0.25) is 9.69 Å². The minimum atomic E-state index is -0.345. The summed E-state index contributed by atoms with van der Waals surface area (Å²) in [6, 6.07) is 13.5. The van der Waals surface area contributed by atoms with Gasteiger partial charge in [-0.05, 0) is 84.5 Å². The van der Waals surface area contributed by atoms with Crippen molar-refractivity contribution >= 4 is 16.6 Å². The number of fused-ring (bicyclic) bond motifs is 1. The second kappa shape index (κ2) is 10.2. The van der Waals surface area contributed by atoms with Gasteiger partial charge in [-0.1, -0.05) is 30.9 Å². The second-order valence-corrected chi connectivity index (χ2v) is 10.8. The summed E-state index contributed by atoms with van der Waals surface area (Å²) in [5.41, 5.74) is 4.79. The van der Waals surface area contributed by atoms with Gasteiger partial charge in [0.05, 0.1) is 11.6 Å². The Morgan fingerprint density at radius 3 is 2.45 bits per heavy atom. The van der Waals surface area contributed by atoms with Gasteiger partial charge in [0.2, 0.25) is 0 Å². The zero-order valence-corrected chi connectivity index (χ0v) is 22.1. The Kier molecular flexibility index (Phi) is 6.61. The molecule has 1 saturated carbocycles. The van der Waals surface area contributed by atoms with E-state index in [2.05, 4.69) is 49.4 Å². The van der Waals surface area contributed by atoms with Crippen molar-refractivity contribution in [1.82, 2.24) is 30.1 Å². The molecule has 1 aliphatic heterocycles. The van der Waals surface area contributed by atoms with E-state index in [4.69, 9.17) is 0 Å². The number of aryl methyl sites for hydroxylation is 2. The summed E-state index contributed by atoms with van der Waals surface area (Å²) in [6.07, 6.45) is 5.72. The molecule has 4 aromatic rings. The molecule has 2 aliphatic rings. The Morgan fingerprint density at radius 2 is 1.71 bits per heavy atom. The Balaban J connectivity index is 1.40. The first-order valence-corrected chi connectivity index (χ1v) is 13.7. The highest BCUT2D eigenvalue weighted by Gasteiger charge is 2.34. The van der Waals surface area contributed by atoms with Gasteiger partial charge in [-0.2, -0.15) is 0 Å². The van der Waals surface area contributed by atoms with Crippen molar-refractivity contribution in [3.8, 4) is 5.75 Å². The van der Waals surface area contributed by atoms with E-state index in [1.54, 1.807) is 12.1 Å². The zero-order chi connectivity index (χ0) is 26.2. The topological polar surface area (TPSA) is 103 Å². The van der Waals surface area contributed by atoms with E-state index in [1.807, 2.05) is 29.8 Å². The standard InChI is InChI=1S/C29H35N7O2/c1-19-16-20(2)26-21(17-19)18-25(29(38)30-26)27(28-31-32-33-36(28)23-6-4-3-5-7-23)35-14-12-34(13-15-35)22-8-10-24(37)11-9-22/h8-11,16-18,23,27,37H,3-7,12-15H2,1-2H3,(H,30,38). The molecule has 1 aliphatic carbocycles. The second-order valence-electron chi connectivity index (χ2n) is 10.8. The number of H-pyrrole nitrogens is 1. The van der Waals surface area contributed by atoms with Crippen molar-refractivity contribution in [2.24, 2.45) is 0 Å². The van der Waals surface area contributed by atoms with Crippen molar-refractivity contribution in [3.05, 3.63) is 75.3 Å². The average molecular weight is 514 g/mol. The van der Waals surface area contributed by atoms with Gasteiger partial charge in [0.15, 0.2) is 5.82 Å². The minimum Gasteiger partial charge on any atom is -0.508 e. The van der Waals surface area contributed by atoms with Crippen LogP contribution in [0.15, 0.2) is 47.3 Å². The van der Waals surface area contributed by atoms with Crippen LogP contribution in [0.25, 0.3) is 10.9 Å². The molecule has 9 nitrogen and oxygen atoms in total. The molecule has 1 atom stereocenters. The molecular formula is C29H35N7O2. The summed E-state index contributed by atoms with van der Waals surface area (Å²) in [5.74, 6) is 1.02. The van der Waals surface area contributed by atoms with E-state index in [-0.39, 0.29) is 23.4 Å². The molecule has 0 radical (unpaired) electrons. The fraction of sp³-hybridized carbons (Fsp3) is 0.448. The van der Waals surface area contributed by atoms with Crippen molar-refractivity contribution < 1.29 is 5.11 Å². The number of phenolic OH excluding ortho intramolecular Hbond substituents is 1. The maximum Gasteiger partial charge on any atom is 0.253 e. The molecule has 6 rings (SSSR count). The van der Waals surface area contributed by atoms with Crippen LogP contribution in [-0.4, -0.2) is 61.4 Å². The number of nitrogens with one attached hydrogen (secondary N) is 1. The molecule has 9 heteroatoms. The first-order valence-electron chi connectivity index (χ1n) is 13.7. The molecule has 0 bridgehead atoms. The van der Waals surface area contributed by atoms with Crippen LogP contribution >= 0.6 is 0 Å². The number of hydrogen-bond acceptors (Lipinski definition) is 7. The molecule has 198 valence electrons. The Hall–Kier alpha value is -3.72. The third-order valence-corrected chi connectivity index (χ3v) is 8.19. The molecule has 0 spiro atoms. The van der Waals surface area contributed by atoms with Crippen LogP contribution in [0.3, 0.4) is 0 Å². The number of benzene rings is 2. The van der Waals surface area contributed by atoms with Crippen LogP contribution < -0.4 is 10.5 Å². The zero-order valence-electron chi connectivity index (χ0n) is 22.1. The van der Waals surface area contributed by atoms with Gasteiger partial charge < -0.3 is 15.0 Å². The number of piperazine rings is 1. The maximum atomic E-state index is 13.7. The highest BCUT2D eigenvalue weighted by Crippen LogP contribution is 2.34. The van der Waals surface area contributed by atoms with E-state index < -0.39 is 0 Å². The summed E-state index contributed by atoms with van der Waals surface area (Å²) >= 11 is 0. The van der Waals surface area contributed by atoms with E-state index in [9.17, 15) is 9.90 Å². The monoisotopic (exact) mass is 513 g/mol. The fourth-order valence-electron chi connectivity index (χ4n) is 6.27. The summed E-state index contributed by atoms with van der Waals surface area (Å²) in [6.45, 7) is 7.24. The van der Waals surface area contributed by atoms with Gasteiger partial charge in [-0.25, -0.2) is 4.68 Å². The summed E-state index contributed by atoms with van der Waals surface area (Å²) in [7, 11) is 0. The van der Waals surface area contributed by atoms with Crippen molar-refractivity contribution in [2.75, 3.05) is 31.1 Å². The number of nitrogens with zero attached hydrogens (tertiary/aromatic N) is 6. The number of rotatable bonds is 5. The first kappa shape index (κ1) is 24.6. The number of tetrazole rings is 1. The van der Waals surface area contributed by atoms with Gasteiger partial charge in [0.1, 0.15) is 11.8 Å². The van der Waals surface area contributed by atoms with Crippen LogP contribution in [0.2, 0.25) is 0 Å². The lowest BCUT2D eigenvalue weighted by molar-refractivity contribution is 0.192. The lowest BCUT2D eigenvalue weighted by Crippen LogP contribution is -2.49. The van der Waals surface area contributed by atoms with Crippen molar-refractivity contribution in [3.63, 3.8) is 0 Å². The van der Waals surface area contributed by atoms with Crippen molar-refractivity contribution in [2.45, 2.75) is 58.0 Å². The average Bonchev–Trinajstić information content (AvgIpc) is 3.40. The molecule has 2 fully saturated rings. The predicted molar refractivity (Wildman–Crippen MR) is 148 cm³/mol. The smallest absolute Gasteiger partial charge is 0.253 e. The van der Waals surface area contributed by atoms with Crippen LogP contribution in [-0.2, 0) is 0 Å². The third kappa shape index (κ3) is 4.67. The molecular weight excluding hydrogens is 478 g/mol. The van der Waals surface area contributed by atoms with Gasteiger partial charge in [0, 0.05) is 37.4 Å². The fourth-order valence-corrected chi connectivity index (χ4v) is 6.27. The van der Waals surface area contributed by atoms with Crippen molar-refractivity contribution in [1.29, 1.82) is 0 Å². The van der Waals surface area contributed by atoms with Gasteiger partial charge in [0.25, 0.3) is 5.56 Å². The van der Waals surface area contributed by atoms with Crippen LogP contribution in [0.5, 0.6) is 5.75 Å². The number of aromatic amines is 1. The van der Waals surface area contributed by atoms with E-state index in [1.165, 1.54) is 24.8 Å². The lowest BCUT2D eigenvalue weighted by atomic mass is 9.95. The summed E-state index contributed by atoms with van der Waals surface area (Å²) in [4.78, 5) is 21.5. The Bertz CT molecular complexity index is 1480. The highest BCUT2D eigenvalue weighted by atomic mass is 16.3. The number of aromatic hydroxyl groups is 1. The predicted octanol–water partition coefficient (Wildman–Crippen LogP) is 4.25. The summed E-state index contributed by atoms with van der Waals surface area (Å²) in [5, 5.41) is 23.8. The molecule has 1 saturated heterocycles. The molecule has 2 aromatic carbocycles. The maximum absolute atomic E-state index is 13.7. The van der Waals surface area contributed by atoms with Gasteiger partial charge >= 0.3 is 0 Å². The number of phenols is 1. The van der Waals surface area contributed by atoms with Crippen LogP contribution in [0.4, 0.5) is 5.69 Å². The lowest BCUT2D eigenvalue weighted by Gasteiger charge is -2.40. The number of anilines is 1.